The Morgan fingerprint density at radius 2 is 2.00 bits per heavy atom. The van der Waals surface area contributed by atoms with E-state index in [1.54, 1.807) is 6.20 Å². The molecule has 0 unspecified atom stereocenters. The van der Waals surface area contributed by atoms with Crippen molar-refractivity contribution in [2.24, 2.45) is 0 Å². The Bertz CT molecular complexity index is 761. The Hall–Kier alpha value is -2.07. The molecular weight excluding hydrogens is 314 g/mol. The number of hydrogen-bond donors (Lipinski definition) is 1. The van der Waals surface area contributed by atoms with E-state index in [4.69, 9.17) is 0 Å². The van der Waals surface area contributed by atoms with Crippen LogP contribution in [0.25, 0.3) is 10.8 Å². The standard InChI is InChI=1S/C16H14BrN3/c1-2-8-20-9-7-18-16(20)19-15-6-4-12-10-14(17)5-3-13(12)11-15/h2-7,9-11H,1,8H2,(H,18,19). The summed E-state index contributed by atoms with van der Waals surface area (Å²) >= 11 is 3.49. The quantitative estimate of drug-likeness (QED) is 0.702. The average Bonchev–Trinajstić information content (AvgIpc) is 2.87. The lowest BCUT2D eigenvalue weighted by Crippen LogP contribution is -2.01. The minimum Gasteiger partial charge on any atom is -0.326 e. The molecule has 0 aliphatic heterocycles. The van der Waals surface area contributed by atoms with Crippen molar-refractivity contribution in [1.82, 2.24) is 9.55 Å². The first-order valence-corrected chi connectivity index (χ1v) is 7.14. The van der Waals surface area contributed by atoms with Crippen LogP contribution in [0.3, 0.4) is 0 Å². The van der Waals surface area contributed by atoms with Gasteiger partial charge in [0.25, 0.3) is 0 Å². The van der Waals surface area contributed by atoms with Crippen LogP contribution in [0.15, 0.2) is 65.9 Å². The highest BCUT2D eigenvalue weighted by Crippen LogP contribution is 2.24. The molecule has 0 amide bonds. The number of allylic oxidation sites excluding steroid dienone is 1. The van der Waals surface area contributed by atoms with Crippen molar-refractivity contribution in [2.45, 2.75) is 6.54 Å². The van der Waals surface area contributed by atoms with Gasteiger partial charge >= 0.3 is 0 Å². The first-order valence-electron chi connectivity index (χ1n) is 6.34. The number of nitrogens with zero attached hydrogens (tertiary/aromatic N) is 2. The molecule has 0 fully saturated rings. The number of imidazole rings is 1. The highest BCUT2D eigenvalue weighted by molar-refractivity contribution is 9.10. The third kappa shape index (κ3) is 2.60. The minimum atomic E-state index is 0.739. The fourth-order valence-electron chi connectivity index (χ4n) is 2.14. The van der Waals surface area contributed by atoms with Gasteiger partial charge < -0.3 is 9.88 Å². The molecule has 4 heteroatoms. The summed E-state index contributed by atoms with van der Waals surface area (Å²) in [5, 5.41) is 5.74. The Labute approximate surface area is 126 Å². The topological polar surface area (TPSA) is 29.9 Å². The van der Waals surface area contributed by atoms with Crippen LogP contribution in [0.1, 0.15) is 0 Å². The average molecular weight is 328 g/mol. The van der Waals surface area contributed by atoms with Gasteiger partial charge in [-0.1, -0.05) is 34.1 Å². The molecule has 3 aromatic rings. The number of anilines is 2. The van der Waals surface area contributed by atoms with E-state index in [0.717, 1.165) is 22.7 Å². The van der Waals surface area contributed by atoms with E-state index in [2.05, 4.69) is 63.1 Å². The number of halogens is 1. The monoisotopic (exact) mass is 327 g/mol. The zero-order valence-electron chi connectivity index (χ0n) is 10.9. The van der Waals surface area contributed by atoms with Gasteiger partial charge in [0.2, 0.25) is 5.95 Å². The van der Waals surface area contributed by atoms with Gasteiger partial charge in [0.05, 0.1) is 0 Å². The van der Waals surface area contributed by atoms with Crippen LogP contribution in [-0.4, -0.2) is 9.55 Å². The van der Waals surface area contributed by atoms with Gasteiger partial charge in [0.15, 0.2) is 0 Å². The third-order valence-electron chi connectivity index (χ3n) is 3.10. The molecule has 0 saturated heterocycles. The van der Waals surface area contributed by atoms with Crippen molar-refractivity contribution >= 4 is 38.3 Å². The summed E-state index contributed by atoms with van der Waals surface area (Å²) in [6.45, 7) is 4.49. The minimum absolute atomic E-state index is 0.739. The maximum atomic E-state index is 4.32. The van der Waals surface area contributed by atoms with Gasteiger partial charge in [-0.15, -0.1) is 6.58 Å². The molecule has 100 valence electrons. The molecule has 1 heterocycles. The third-order valence-corrected chi connectivity index (χ3v) is 3.59. The molecule has 0 saturated carbocycles. The van der Waals surface area contributed by atoms with E-state index in [0.29, 0.717) is 0 Å². The molecule has 1 N–H and O–H groups in total. The molecule has 0 bridgehead atoms. The summed E-state index contributed by atoms with van der Waals surface area (Å²) in [4.78, 5) is 4.32. The molecule has 0 aliphatic rings. The van der Waals surface area contributed by atoms with Crippen molar-refractivity contribution < 1.29 is 0 Å². The smallest absolute Gasteiger partial charge is 0.207 e. The summed E-state index contributed by atoms with van der Waals surface area (Å²) in [5.74, 6) is 0.821. The number of benzene rings is 2. The van der Waals surface area contributed by atoms with Crippen LogP contribution < -0.4 is 5.32 Å². The number of aromatic nitrogens is 2. The van der Waals surface area contributed by atoms with Crippen molar-refractivity contribution in [3.8, 4) is 0 Å². The molecular formula is C16H14BrN3. The number of nitrogens with one attached hydrogen (secondary N) is 1. The number of rotatable bonds is 4. The highest BCUT2D eigenvalue weighted by Gasteiger charge is 2.03. The van der Waals surface area contributed by atoms with Crippen molar-refractivity contribution in [1.29, 1.82) is 0 Å². The fraction of sp³-hybridized carbons (Fsp3) is 0.0625. The second kappa shape index (κ2) is 5.51. The van der Waals surface area contributed by atoms with Crippen LogP contribution in [0.4, 0.5) is 11.6 Å². The molecule has 3 nitrogen and oxygen atoms in total. The van der Waals surface area contributed by atoms with E-state index in [9.17, 15) is 0 Å². The van der Waals surface area contributed by atoms with Gasteiger partial charge in [-0.05, 0) is 35.0 Å². The summed E-state index contributed by atoms with van der Waals surface area (Å²) in [5.41, 5.74) is 1.02. The van der Waals surface area contributed by atoms with Crippen LogP contribution in [-0.2, 0) is 6.54 Å². The van der Waals surface area contributed by atoms with Gasteiger partial charge in [-0.3, -0.25) is 0 Å². The number of fused-ring (bicyclic) bond motifs is 1. The Balaban J connectivity index is 1.92. The van der Waals surface area contributed by atoms with E-state index in [1.165, 1.54) is 10.8 Å². The summed E-state index contributed by atoms with van der Waals surface area (Å²) in [6.07, 6.45) is 5.57. The normalized spacial score (nSPS) is 10.7. The van der Waals surface area contributed by atoms with Gasteiger partial charge in [-0.2, -0.15) is 0 Å². The van der Waals surface area contributed by atoms with Gasteiger partial charge in [0, 0.05) is 29.1 Å². The van der Waals surface area contributed by atoms with Crippen LogP contribution in [0, 0.1) is 0 Å². The molecule has 0 atom stereocenters. The lowest BCUT2D eigenvalue weighted by atomic mass is 10.1. The van der Waals surface area contributed by atoms with E-state index in [1.807, 2.05) is 22.9 Å². The second-order valence-electron chi connectivity index (χ2n) is 4.52. The van der Waals surface area contributed by atoms with Crippen LogP contribution in [0.2, 0.25) is 0 Å². The lowest BCUT2D eigenvalue weighted by molar-refractivity contribution is 0.833. The molecule has 0 aliphatic carbocycles. The van der Waals surface area contributed by atoms with Gasteiger partial charge in [-0.25, -0.2) is 4.98 Å². The zero-order valence-corrected chi connectivity index (χ0v) is 12.5. The lowest BCUT2D eigenvalue weighted by Gasteiger charge is -2.09. The SMILES string of the molecule is C=CCn1ccnc1Nc1ccc2cc(Br)ccc2c1. The van der Waals surface area contributed by atoms with Crippen molar-refractivity contribution in [3.05, 3.63) is 65.9 Å². The van der Waals surface area contributed by atoms with Gasteiger partial charge in [0.1, 0.15) is 0 Å². The fourth-order valence-corrected chi connectivity index (χ4v) is 2.52. The van der Waals surface area contributed by atoms with Crippen molar-refractivity contribution in [3.63, 3.8) is 0 Å². The first kappa shape index (κ1) is 12.9. The molecule has 3 rings (SSSR count). The largest absolute Gasteiger partial charge is 0.326 e. The van der Waals surface area contributed by atoms with E-state index in [-0.39, 0.29) is 0 Å². The maximum Gasteiger partial charge on any atom is 0.207 e. The Morgan fingerprint density at radius 3 is 2.85 bits per heavy atom. The summed E-state index contributed by atoms with van der Waals surface area (Å²) in [7, 11) is 0. The molecule has 1 aromatic heterocycles. The molecule has 0 spiro atoms. The predicted molar refractivity (Wildman–Crippen MR) is 87.4 cm³/mol. The van der Waals surface area contributed by atoms with Crippen LogP contribution in [0.5, 0.6) is 0 Å². The van der Waals surface area contributed by atoms with Crippen LogP contribution >= 0.6 is 15.9 Å². The summed E-state index contributed by atoms with van der Waals surface area (Å²) in [6, 6.07) is 12.5. The Morgan fingerprint density at radius 1 is 1.20 bits per heavy atom. The highest BCUT2D eigenvalue weighted by atomic mass is 79.9. The molecule has 2 aromatic carbocycles. The summed E-state index contributed by atoms with van der Waals surface area (Å²) < 4.78 is 3.10. The first-order chi connectivity index (χ1) is 9.76. The maximum absolute atomic E-state index is 4.32. The molecule has 20 heavy (non-hydrogen) atoms. The van der Waals surface area contributed by atoms with E-state index >= 15 is 0 Å². The second-order valence-corrected chi connectivity index (χ2v) is 5.44. The Kier molecular flexibility index (Phi) is 3.56. The predicted octanol–water partition coefficient (Wildman–Crippen LogP) is 4.73. The zero-order chi connectivity index (χ0) is 13.9. The number of hydrogen-bond acceptors (Lipinski definition) is 2. The molecule has 0 radical (unpaired) electrons. The van der Waals surface area contributed by atoms with Crippen molar-refractivity contribution in [2.75, 3.05) is 5.32 Å². The van der Waals surface area contributed by atoms with E-state index < -0.39 is 0 Å².